The Balaban J connectivity index is 2.21. The second kappa shape index (κ2) is 9.27. The van der Waals surface area contributed by atoms with Crippen molar-refractivity contribution in [3.63, 3.8) is 0 Å². The lowest BCUT2D eigenvalue weighted by Crippen LogP contribution is -2.25. The number of carbonyl (C=O) groups excluding carboxylic acids is 3. The van der Waals surface area contributed by atoms with E-state index in [1.165, 1.54) is 33.3 Å². The number of hydrogen-bond acceptors (Lipinski definition) is 7. The number of nitrogens with one attached hydrogen (secondary N) is 1. The summed E-state index contributed by atoms with van der Waals surface area (Å²) in [5.41, 5.74) is 1.68. The first-order valence-electron chi connectivity index (χ1n) is 9.08. The van der Waals surface area contributed by atoms with E-state index < -0.39 is 23.8 Å². The number of hydrogen-bond donors (Lipinski definition) is 1. The molecule has 0 bridgehead atoms. The third-order valence-corrected chi connectivity index (χ3v) is 4.43. The summed E-state index contributed by atoms with van der Waals surface area (Å²) < 4.78 is 20.7. The van der Waals surface area contributed by atoms with E-state index in [-0.39, 0.29) is 11.3 Å². The maximum atomic E-state index is 12.8. The first-order chi connectivity index (χ1) is 13.7. The molecule has 29 heavy (non-hydrogen) atoms. The summed E-state index contributed by atoms with van der Waals surface area (Å²) in [5, 5.41) is 0. The van der Waals surface area contributed by atoms with Crippen molar-refractivity contribution in [1.82, 2.24) is 4.98 Å². The molecule has 1 aromatic carbocycles. The minimum absolute atomic E-state index is 0.202. The Morgan fingerprint density at radius 2 is 1.76 bits per heavy atom. The minimum atomic E-state index is -1.07. The molecule has 1 atom stereocenters. The van der Waals surface area contributed by atoms with Crippen molar-refractivity contribution < 1.29 is 33.3 Å². The van der Waals surface area contributed by atoms with Gasteiger partial charge in [0.25, 0.3) is 0 Å². The van der Waals surface area contributed by atoms with Crippen LogP contribution in [0.1, 0.15) is 56.3 Å². The summed E-state index contributed by atoms with van der Waals surface area (Å²) in [5.74, 6) is -0.778. The Bertz CT molecular complexity index is 929. The lowest BCUT2D eigenvalue weighted by Gasteiger charge is -2.14. The van der Waals surface area contributed by atoms with Crippen LogP contribution in [0.5, 0.6) is 11.5 Å². The molecule has 0 radical (unpaired) electrons. The molecule has 0 aliphatic rings. The zero-order valence-electron chi connectivity index (χ0n) is 17.4. The first kappa shape index (κ1) is 22.0. The van der Waals surface area contributed by atoms with Crippen LogP contribution in [0.3, 0.4) is 0 Å². The molecule has 1 aromatic heterocycles. The second-order valence-electron chi connectivity index (χ2n) is 6.33. The number of aryl methyl sites for hydroxylation is 1. The zero-order chi connectivity index (χ0) is 21.7. The smallest absolute Gasteiger partial charge is 0.339 e. The van der Waals surface area contributed by atoms with Gasteiger partial charge in [0.2, 0.25) is 5.78 Å². The molecule has 2 rings (SSSR count). The molecule has 0 amide bonds. The van der Waals surface area contributed by atoms with Gasteiger partial charge in [-0.15, -0.1) is 0 Å². The Labute approximate surface area is 169 Å². The van der Waals surface area contributed by atoms with E-state index in [9.17, 15) is 14.4 Å². The highest BCUT2D eigenvalue weighted by Gasteiger charge is 2.27. The van der Waals surface area contributed by atoms with Crippen molar-refractivity contribution in [3.8, 4) is 11.5 Å². The molecule has 0 unspecified atom stereocenters. The van der Waals surface area contributed by atoms with Gasteiger partial charge in [-0.1, -0.05) is 0 Å². The molecule has 1 N–H and O–H groups in total. The maximum absolute atomic E-state index is 12.8. The Morgan fingerprint density at radius 1 is 1.07 bits per heavy atom. The van der Waals surface area contributed by atoms with E-state index >= 15 is 0 Å². The fourth-order valence-electron chi connectivity index (χ4n) is 2.96. The molecule has 0 saturated heterocycles. The van der Waals surface area contributed by atoms with Crippen LogP contribution in [0.25, 0.3) is 0 Å². The average molecular weight is 403 g/mol. The Hall–Kier alpha value is -3.29. The van der Waals surface area contributed by atoms with Crippen molar-refractivity contribution >= 4 is 17.7 Å². The van der Waals surface area contributed by atoms with Crippen LogP contribution in [0, 0.1) is 13.8 Å². The number of aromatic nitrogens is 1. The van der Waals surface area contributed by atoms with E-state index in [1.54, 1.807) is 19.9 Å². The summed E-state index contributed by atoms with van der Waals surface area (Å²) in [6.45, 7) is 6.99. The topological polar surface area (TPSA) is 104 Å². The van der Waals surface area contributed by atoms with Crippen molar-refractivity contribution in [2.45, 2.75) is 33.8 Å². The van der Waals surface area contributed by atoms with Gasteiger partial charge in [0.1, 0.15) is 0 Å². The molecule has 1 heterocycles. The standard InChI is InChI=1S/C21H25NO7/c1-7-28-16-10-14(8-9-15(16)26-5)20(24)29-13(4)19(23)18-11(2)17(12(3)22-18)21(25)27-6/h8-10,13,22H,7H2,1-6H3/t13-/m0/s1. The molecule has 0 aliphatic heterocycles. The van der Waals surface area contributed by atoms with E-state index in [2.05, 4.69) is 4.98 Å². The number of methoxy groups -OCH3 is 2. The van der Waals surface area contributed by atoms with Crippen molar-refractivity contribution in [2.24, 2.45) is 0 Å². The number of Topliss-reactive ketones (excluding diaryl/α,β-unsaturated/α-hetero) is 1. The third kappa shape index (κ3) is 4.59. The number of rotatable bonds is 8. The lowest BCUT2D eigenvalue weighted by atomic mass is 10.1. The van der Waals surface area contributed by atoms with Crippen LogP contribution in [-0.4, -0.2) is 49.6 Å². The van der Waals surface area contributed by atoms with E-state index in [0.717, 1.165) is 0 Å². The normalized spacial score (nSPS) is 11.5. The SMILES string of the molecule is CCOc1cc(C(=O)O[C@@H](C)C(=O)c2[nH]c(C)c(C(=O)OC)c2C)ccc1OC. The van der Waals surface area contributed by atoms with Crippen LogP contribution in [-0.2, 0) is 9.47 Å². The lowest BCUT2D eigenvalue weighted by molar-refractivity contribution is 0.0316. The number of esters is 2. The highest BCUT2D eigenvalue weighted by atomic mass is 16.5. The van der Waals surface area contributed by atoms with Gasteiger partial charge >= 0.3 is 11.9 Å². The quantitative estimate of drug-likeness (QED) is 0.533. The highest BCUT2D eigenvalue weighted by Crippen LogP contribution is 2.28. The van der Waals surface area contributed by atoms with Gasteiger partial charge in [0.05, 0.1) is 37.6 Å². The molecular weight excluding hydrogens is 378 g/mol. The summed E-state index contributed by atoms with van der Waals surface area (Å²) in [4.78, 5) is 40.1. The largest absolute Gasteiger partial charge is 0.493 e. The maximum Gasteiger partial charge on any atom is 0.339 e. The van der Waals surface area contributed by atoms with Gasteiger partial charge in [-0.2, -0.15) is 0 Å². The van der Waals surface area contributed by atoms with Gasteiger partial charge in [0, 0.05) is 5.69 Å². The molecule has 0 fully saturated rings. The summed E-state index contributed by atoms with van der Waals surface area (Å²) in [7, 11) is 2.77. The molecular formula is C21H25NO7. The van der Waals surface area contributed by atoms with E-state index in [4.69, 9.17) is 18.9 Å². The monoisotopic (exact) mass is 403 g/mol. The summed E-state index contributed by atoms with van der Waals surface area (Å²) >= 11 is 0. The van der Waals surface area contributed by atoms with Gasteiger partial charge in [0.15, 0.2) is 17.6 Å². The van der Waals surface area contributed by atoms with Crippen LogP contribution in [0.2, 0.25) is 0 Å². The van der Waals surface area contributed by atoms with Crippen molar-refractivity contribution in [3.05, 3.63) is 46.3 Å². The fraction of sp³-hybridized carbons (Fsp3) is 0.381. The highest BCUT2D eigenvalue weighted by molar-refractivity contribution is 6.04. The predicted molar refractivity (Wildman–Crippen MR) is 105 cm³/mol. The molecule has 0 saturated carbocycles. The van der Waals surface area contributed by atoms with Gasteiger partial charge in [-0.25, -0.2) is 9.59 Å². The fourth-order valence-corrected chi connectivity index (χ4v) is 2.96. The third-order valence-electron chi connectivity index (χ3n) is 4.43. The molecule has 0 aliphatic carbocycles. The first-order valence-corrected chi connectivity index (χ1v) is 9.08. The van der Waals surface area contributed by atoms with Crippen LogP contribution in [0.15, 0.2) is 18.2 Å². The van der Waals surface area contributed by atoms with Gasteiger partial charge in [-0.05, 0) is 51.5 Å². The van der Waals surface area contributed by atoms with Crippen LogP contribution >= 0.6 is 0 Å². The molecule has 156 valence electrons. The van der Waals surface area contributed by atoms with Gasteiger partial charge in [-0.3, -0.25) is 4.79 Å². The molecule has 8 heteroatoms. The number of ether oxygens (including phenoxy) is 4. The number of H-pyrrole nitrogens is 1. The zero-order valence-corrected chi connectivity index (χ0v) is 17.4. The molecule has 2 aromatic rings. The number of ketones is 1. The summed E-state index contributed by atoms with van der Waals surface area (Å²) in [6.07, 6.45) is -1.07. The van der Waals surface area contributed by atoms with E-state index in [0.29, 0.717) is 34.9 Å². The molecule has 0 spiro atoms. The Morgan fingerprint density at radius 3 is 2.34 bits per heavy atom. The predicted octanol–water partition coefficient (Wildman–Crippen LogP) is 3.25. The summed E-state index contributed by atoms with van der Waals surface area (Å²) in [6, 6.07) is 4.62. The minimum Gasteiger partial charge on any atom is -0.493 e. The van der Waals surface area contributed by atoms with Gasteiger partial charge < -0.3 is 23.9 Å². The van der Waals surface area contributed by atoms with Crippen molar-refractivity contribution in [2.75, 3.05) is 20.8 Å². The number of carbonyl (C=O) groups is 3. The van der Waals surface area contributed by atoms with Crippen LogP contribution in [0.4, 0.5) is 0 Å². The van der Waals surface area contributed by atoms with E-state index in [1.807, 2.05) is 6.92 Å². The molecule has 8 nitrogen and oxygen atoms in total. The number of aromatic amines is 1. The average Bonchev–Trinajstić information content (AvgIpc) is 3.00. The Kier molecular flexibility index (Phi) is 7.03. The van der Waals surface area contributed by atoms with Crippen molar-refractivity contribution in [1.29, 1.82) is 0 Å². The number of benzene rings is 1. The van der Waals surface area contributed by atoms with Crippen LogP contribution < -0.4 is 9.47 Å². The second-order valence-corrected chi connectivity index (χ2v) is 6.33.